The monoisotopic (exact) mass is 194 g/mol. The molecule has 2 N–H and O–H groups in total. The third-order valence-electron chi connectivity index (χ3n) is 2.55. The third-order valence-corrected chi connectivity index (χ3v) is 2.55. The molecular formula is C11H15FN2. The summed E-state index contributed by atoms with van der Waals surface area (Å²) >= 11 is 0. The van der Waals surface area contributed by atoms with Crippen molar-refractivity contribution in [3.8, 4) is 0 Å². The molecule has 1 aromatic carbocycles. The highest BCUT2D eigenvalue weighted by Gasteiger charge is 2.13. The van der Waals surface area contributed by atoms with Crippen molar-refractivity contribution in [1.29, 1.82) is 0 Å². The van der Waals surface area contributed by atoms with Gasteiger partial charge in [-0.1, -0.05) is 18.2 Å². The molecule has 0 aromatic heterocycles. The third kappa shape index (κ3) is 2.30. The molecule has 3 heteroatoms. The maximum Gasteiger partial charge on any atom is 0.126 e. The second kappa shape index (κ2) is 4.53. The Kier molecular flexibility index (Phi) is 3.11. The number of hydrogen-bond acceptors (Lipinski definition) is 2. The predicted octanol–water partition coefficient (Wildman–Crippen LogP) is 0.930. The fourth-order valence-electron chi connectivity index (χ4n) is 1.79. The number of hydrogen-bond donors (Lipinski definition) is 2. The van der Waals surface area contributed by atoms with Gasteiger partial charge < -0.3 is 10.6 Å². The van der Waals surface area contributed by atoms with Crippen molar-refractivity contribution in [1.82, 2.24) is 10.6 Å². The van der Waals surface area contributed by atoms with Gasteiger partial charge in [-0.05, 0) is 18.1 Å². The molecule has 2 nitrogen and oxygen atoms in total. The molecule has 0 radical (unpaired) electrons. The molecule has 0 spiro atoms. The maximum absolute atomic E-state index is 13.3. The highest BCUT2D eigenvalue weighted by molar-refractivity contribution is 5.18. The van der Waals surface area contributed by atoms with Crippen molar-refractivity contribution in [2.45, 2.75) is 12.5 Å². The molecule has 1 saturated heterocycles. The van der Waals surface area contributed by atoms with Crippen LogP contribution in [-0.4, -0.2) is 25.7 Å². The minimum Gasteiger partial charge on any atom is -0.314 e. The first kappa shape index (κ1) is 9.62. The molecule has 0 bridgehead atoms. The van der Waals surface area contributed by atoms with Gasteiger partial charge in [0.15, 0.2) is 0 Å². The van der Waals surface area contributed by atoms with Crippen LogP contribution in [0.25, 0.3) is 0 Å². The van der Waals surface area contributed by atoms with Crippen LogP contribution in [0.5, 0.6) is 0 Å². The van der Waals surface area contributed by atoms with Crippen molar-refractivity contribution in [3.05, 3.63) is 35.6 Å². The van der Waals surface area contributed by atoms with Crippen molar-refractivity contribution >= 4 is 0 Å². The van der Waals surface area contributed by atoms with E-state index in [1.54, 1.807) is 6.07 Å². The van der Waals surface area contributed by atoms with E-state index >= 15 is 0 Å². The molecule has 0 aliphatic carbocycles. The van der Waals surface area contributed by atoms with Crippen molar-refractivity contribution in [2.75, 3.05) is 19.6 Å². The highest BCUT2D eigenvalue weighted by Crippen LogP contribution is 2.09. The Hall–Kier alpha value is -0.930. The summed E-state index contributed by atoms with van der Waals surface area (Å²) in [5, 5.41) is 6.66. The van der Waals surface area contributed by atoms with E-state index in [9.17, 15) is 4.39 Å². The first-order chi connectivity index (χ1) is 6.86. The van der Waals surface area contributed by atoms with Gasteiger partial charge in [0.05, 0.1) is 0 Å². The Morgan fingerprint density at radius 2 is 2.14 bits per heavy atom. The molecule has 1 heterocycles. The Bertz CT molecular complexity index is 295. The highest BCUT2D eigenvalue weighted by atomic mass is 19.1. The molecule has 1 aliphatic rings. The normalized spacial score (nSPS) is 22.2. The largest absolute Gasteiger partial charge is 0.314 e. The van der Waals surface area contributed by atoms with Gasteiger partial charge in [-0.25, -0.2) is 4.39 Å². The summed E-state index contributed by atoms with van der Waals surface area (Å²) in [6, 6.07) is 7.35. The fraction of sp³-hybridized carbons (Fsp3) is 0.455. The van der Waals surface area contributed by atoms with E-state index in [2.05, 4.69) is 10.6 Å². The van der Waals surface area contributed by atoms with Crippen LogP contribution < -0.4 is 10.6 Å². The van der Waals surface area contributed by atoms with Gasteiger partial charge in [0.25, 0.3) is 0 Å². The lowest BCUT2D eigenvalue weighted by atomic mass is 10.0. The molecule has 0 unspecified atom stereocenters. The van der Waals surface area contributed by atoms with Crippen LogP contribution in [0.3, 0.4) is 0 Å². The summed E-state index contributed by atoms with van der Waals surface area (Å²) in [6.45, 7) is 2.90. The van der Waals surface area contributed by atoms with E-state index < -0.39 is 0 Å². The molecule has 0 amide bonds. The van der Waals surface area contributed by atoms with E-state index in [1.807, 2.05) is 12.1 Å². The minimum atomic E-state index is -0.0973. The number of rotatable bonds is 2. The van der Waals surface area contributed by atoms with Crippen LogP contribution in [0.4, 0.5) is 4.39 Å². The summed E-state index contributed by atoms with van der Waals surface area (Å²) in [7, 11) is 0. The topological polar surface area (TPSA) is 24.1 Å². The lowest BCUT2D eigenvalue weighted by molar-refractivity contribution is 0.412. The van der Waals surface area contributed by atoms with Gasteiger partial charge in [0.1, 0.15) is 5.82 Å². The van der Waals surface area contributed by atoms with Gasteiger partial charge in [-0.3, -0.25) is 0 Å². The quantitative estimate of drug-likeness (QED) is 0.732. The number of nitrogens with one attached hydrogen (secondary N) is 2. The van der Waals surface area contributed by atoms with Crippen LogP contribution in [-0.2, 0) is 6.42 Å². The first-order valence-corrected chi connectivity index (χ1v) is 5.04. The smallest absolute Gasteiger partial charge is 0.126 e. The fourth-order valence-corrected chi connectivity index (χ4v) is 1.79. The maximum atomic E-state index is 13.3. The number of piperazine rings is 1. The van der Waals surface area contributed by atoms with E-state index in [0.717, 1.165) is 31.6 Å². The van der Waals surface area contributed by atoms with Crippen LogP contribution in [0.1, 0.15) is 5.56 Å². The van der Waals surface area contributed by atoms with Crippen molar-refractivity contribution in [2.24, 2.45) is 0 Å². The van der Waals surface area contributed by atoms with Crippen LogP contribution in [0, 0.1) is 5.82 Å². The molecular weight excluding hydrogens is 179 g/mol. The molecule has 1 aromatic rings. The zero-order chi connectivity index (χ0) is 9.80. The average Bonchev–Trinajstić information content (AvgIpc) is 2.23. The Morgan fingerprint density at radius 3 is 2.86 bits per heavy atom. The molecule has 1 fully saturated rings. The standard InChI is InChI=1S/C11H15FN2/c12-11-4-2-1-3-9(11)7-10-8-13-5-6-14-10/h1-4,10,13-14H,5-8H2/t10-/m0/s1. The average molecular weight is 194 g/mol. The Morgan fingerprint density at radius 1 is 1.29 bits per heavy atom. The minimum absolute atomic E-state index is 0.0973. The van der Waals surface area contributed by atoms with Gasteiger partial charge in [0.2, 0.25) is 0 Å². The van der Waals surface area contributed by atoms with Gasteiger partial charge in [0, 0.05) is 25.7 Å². The molecule has 14 heavy (non-hydrogen) atoms. The summed E-state index contributed by atoms with van der Waals surface area (Å²) < 4.78 is 13.3. The van der Waals surface area contributed by atoms with Crippen LogP contribution in [0.15, 0.2) is 24.3 Å². The lowest BCUT2D eigenvalue weighted by Crippen LogP contribution is -2.49. The van der Waals surface area contributed by atoms with Gasteiger partial charge in [-0.2, -0.15) is 0 Å². The van der Waals surface area contributed by atoms with Gasteiger partial charge in [-0.15, -0.1) is 0 Å². The summed E-state index contributed by atoms with van der Waals surface area (Å²) in [5.74, 6) is -0.0973. The lowest BCUT2D eigenvalue weighted by Gasteiger charge is -2.24. The van der Waals surface area contributed by atoms with Crippen LogP contribution in [0.2, 0.25) is 0 Å². The Balaban J connectivity index is 1.99. The molecule has 2 rings (SSSR count). The number of benzene rings is 1. The van der Waals surface area contributed by atoms with Crippen molar-refractivity contribution in [3.63, 3.8) is 0 Å². The Labute approximate surface area is 83.5 Å². The number of halogens is 1. The second-order valence-electron chi connectivity index (χ2n) is 3.65. The molecule has 0 saturated carbocycles. The van der Waals surface area contributed by atoms with Crippen molar-refractivity contribution < 1.29 is 4.39 Å². The van der Waals surface area contributed by atoms with E-state index in [4.69, 9.17) is 0 Å². The summed E-state index contributed by atoms with van der Waals surface area (Å²) in [4.78, 5) is 0. The zero-order valence-corrected chi connectivity index (χ0v) is 8.09. The van der Waals surface area contributed by atoms with Gasteiger partial charge >= 0.3 is 0 Å². The summed E-state index contributed by atoms with van der Waals surface area (Å²) in [5.41, 5.74) is 0.800. The summed E-state index contributed by atoms with van der Waals surface area (Å²) in [6.07, 6.45) is 0.764. The van der Waals surface area contributed by atoms with E-state index in [-0.39, 0.29) is 5.82 Å². The SMILES string of the molecule is Fc1ccccc1C[C@H]1CNCCN1. The second-order valence-corrected chi connectivity index (χ2v) is 3.65. The molecule has 1 atom stereocenters. The van der Waals surface area contributed by atoms with E-state index in [1.165, 1.54) is 6.07 Å². The molecule has 1 aliphatic heterocycles. The van der Waals surface area contributed by atoms with E-state index in [0.29, 0.717) is 6.04 Å². The molecule has 76 valence electrons. The first-order valence-electron chi connectivity index (χ1n) is 5.04. The zero-order valence-electron chi connectivity index (χ0n) is 8.09. The predicted molar refractivity (Wildman–Crippen MR) is 54.8 cm³/mol. The van der Waals surface area contributed by atoms with Crippen LogP contribution >= 0.6 is 0 Å².